The second kappa shape index (κ2) is 22.3. The Morgan fingerprint density at radius 1 is 0.661 bits per heavy atom. The Hall–Kier alpha value is -4.47. The van der Waals surface area contributed by atoms with Crippen LogP contribution in [0.15, 0.2) is 119 Å². The third-order valence-corrected chi connectivity index (χ3v) is 11.5. The number of hydrogen-bond acceptors (Lipinski definition) is 10. The molecular weight excluding hydrogens is 780 g/mol. The molecule has 2 amide bonds. The van der Waals surface area contributed by atoms with Crippen molar-refractivity contribution in [1.82, 2.24) is 9.80 Å². The lowest BCUT2D eigenvalue weighted by Gasteiger charge is -2.16. The van der Waals surface area contributed by atoms with Crippen LogP contribution in [0.2, 0.25) is 0 Å². The fraction of sp³-hybridized carbons (Fsp3) is 0.366. The summed E-state index contributed by atoms with van der Waals surface area (Å²) in [7, 11) is -2.25. The van der Waals surface area contributed by atoms with Crippen molar-refractivity contribution in [2.75, 3.05) is 39.4 Å². The number of carbonyl (C=O) groups excluding carboxylic acids is 2. The van der Waals surface area contributed by atoms with Crippen molar-refractivity contribution < 1.29 is 45.2 Å². The lowest BCUT2D eigenvalue weighted by Crippen LogP contribution is -2.30. The molecule has 304 valence electrons. The van der Waals surface area contributed by atoms with E-state index in [0.29, 0.717) is 39.2 Å². The Labute approximate surface area is 335 Å². The third-order valence-electron chi connectivity index (χ3n) is 8.83. The molecule has 0 radical (unpaired) electrons. The van der Waals surface area contributed by atoms with Gasteiger partial charge in [-0.15, -0.1) is 0 Å². The highest BCUT2D eigenvalue weighted by Gasteiger charge is 2.29. The quantitative estimate of drug-likeness (QED) is 0.125. The van der Waals surface area contributed by atoms with Crippen LogP contribution < -0.4 is 0 Å². The lowest BCUT2D eigenvalue weighted by molar-refractivity contribution is 0.101. The maximum atomic E-state index is 12.2. The molecule has 2 saturated heterocycles. The summed E-state index contributed by atoms with van der Waals surface area (Å²) in [6.07, 6.45) is 0.869. The van der Waals surface area contributed by atoms with Crippen LogP contribution in [0.4, 0.5) is 9.59 Å². The molecule has 2 fully saturated rings. The summed E-state index contributed by atoms with van der Waals surface area (Å²) in [4.78, 5) is 27.4. The zero-order valence-corrected chi connectivity index (χ0v) is 33.2. The van der Waals surface area contributed by atoms with Crippen LogP contribution in [0.3, 0.4) is 0 Å². The molecule has 2 aliphatic rings. The van der Waals surface area contributed by atoms with Gasteiger partial charge in [0.2, 0.25) is 0 Å². The molecule has 0 saturated carbocycles. The minimum Gasteiger partial charge on any atom is -0.445 e. The van der Waals surface area contributed by atoms with Crippen LogP contribution in [0.5, 0.6) is 0 Å². The number of ether oxygens (including phenoxy) is 2. The van der Waals surface area contributed by atoms with Gasteiger partial charge in [0.1, 0.15) is 13.2 Å². The van der Waals surface area contributed by atoms with Crippen molar-refractivity contribution in [3.8, 4) is 0 Å². The van der Waals surface area contributed by atoms with Gasteiger partial charge < -0.3 is 24.4 Å². The van der Waals surface area contributed by atoms with Gasteiger partial charge in [-0.3, -0.25) is 4.18 Å². The number of likely N-dealkylation sites (tertiary alicyclic amines) is 2. The number of aryl methyl sites for hydroxylation is 2. The predicted molar refractivity (Wildman–Crippen MR) is 215 cm³/mol. The van der Waals surface area contributed by atoms with Gasteiger partial charge in [-0.25, -0.2) is 18.0 Å². The Morgan fingerprint density at radius 3 is 1.48 bits per heavy atom. The first kappa shape index (κ1) is 45.9. The van der Waals surface area contributed by atoms with Crippen LogP contribution in [-0.2, 0) is 46.0 Å². The molecular formula is C41H51ClN2O10S2. The number of aliphatic hydroxyl groups is 1. The molecule has 0 bridgehead atoms. The molecule has 2 heterocycles. The molecule has 4 aromatic carbocycles. The maximum absolute atomic E-state index is 12.2. The van der Waals surface area contributed by atoms with Crippen LogP contribution in [0.25, 0.3) is 0 Å². The van der Waals surface area contributed by atoms with E-state index in [1.807, 2.05) is 74.5 Å². The number of halogens is 1. The first-order valence-electron chi connectivity index (χ1n) is 17.7. The molecule has 0 aromatic heterocycles. The summed E-state index contributed by atoms with van der Waals surface area (Å²) in [6, 6.07) is 32.0. The van der Waals surface area contributed by atoms with E-state index in [1.54, 1.807) is 34.1 Å². The highest BCUT2D eigenvalue weighted by atomic mass is 35.7. The van der Waals surface area contributed by atoms with E-state index in [9.17, 15) is 26.4 Å². The second-order valence-electron chi connectivity index (χ2n) is 13.3. The van der Waals surface area contributed by atoms with E-state index in [2.05, 4.69) is 0 Å². The Kier molecular flexibility index (Phi) is 18.3. The number of rotatable bonds is 10. The van der Waals surface area contributed by atoms with E-state index in [-0.39, 0.29) is 61.1 Å². The van der Waals surface area contributed by atoms with Crippen LogP contribution in [-0.4, -0.2) is 83.3 Å². The van der Waals surface area contributed by atoms with Gasteiger partial charge in [-0.1, -0.05) is 103 Å². The summed E-state index contributed by atoms with van der Waals surface area (Å²) in [5, 5.41) is 8.99. The van der Waals surface area contributed by atoms with Crippen molar-refractivity contribution in [2.24, 2.45) is 11.8 Å². The molecule has 2 aliphatic heterocycles. The highest BCUT2D eigenvalue weighted by Crippen LogP contribution is 2.21. The van der Waals surface area contributed by atoms with Crippen molar-refractivity contribution in [1.29, 1.82) is 0 Å². The zero-order chi connectivity index (χ0) is 39.8. The van der Waals surface area contributed by atoms with Gasteiger partial charge in [-0.05, 0) is 62.1 Å². The van der Waals surface area contributed by atoms with Crippen LogP contribution in [0.1, 0.15) is 42.5 Å². The van der Waals surface area contributed by atoms with Gasteiger partial charge in [0, 0.05) is 55.3 Å². The van der Waals surface area contributed by atoms with E-state index < -0.39 is 19.2 Å². The van der Waals surface area contributed by atoms with Gasteiger partial charge in [0.25, 0.3) is 19.2 Å². The summed E-state index contributed by atoms with van der Waals surface area (Å²) >= 11 is 0. The summed E-state index contributed by atoms with van der Waals surface area (Å²) in [5.41, 5.74) is 3.90. The Morgan fingerprint density at radius 2 is 1.07 bits per heavy atom. The molecule has 1 N–H and O–H groups in total. The predicted octanol–water partition coefficient (Wildman–Crippen LogP) is 7.56. The standard InChI is InChI=1S/C20H23NO5S.C13H17NO3.C7H7ClO2S.CH4/c1-16-7-9-19(10-8-16)27(23,24)26-15-18-11-12-21(13-18)20(22)25-14-17-5-3-2-4-6-17;15-9-12-6-7-14(8-12)13(16)17-10-11-4-2-1-3-5-11;1-6-2-4-7(5-3-6)11(8,9)10;/h2-10,18H,11-15H2,1H3;1-5,12,15H,6-10H2;2-5H,1H3;1H4. The molecule has 0 aliphatic carbocycles. The average Bonchev–Trinajstić information content (AvgIpc) is 3.88. The molecule has 56 heavy (non-hydrogen) atoms. The minimum atomic E-state index is -3.78. The molecule has 0 spiro atoms. The summed E-state index contributed by atoms with van der Waals surface area (Å²) in [5.74, 6) is 0.175. The Balaban J connectivity index is 0.000000247. The first-order chi connectivity index (χ1) is 26.2. The number of aliphatic hydroxyl groups excluding tert-OH is 1. The average molecular weight is 831 g/mol. The number of benzene rings is 4. The van der Waals surface area contributed by atoms with Crippen molar-refractivity contribution in [3.05, 3.63) is 131 Å². The molecule has 2 atom stereocenters. The van der Waals surface area contributed by atoms with Crippen LogP contribution in [0, 0.1) is 25.7 Å². The molecule has 12 nitrogen and oxygen atoms in total. The third kappa shape index (κ3) is 15.2. The topological polar surface area (TPSA) is 157 Å². The number of amides is 2. The molecule has 6 rings (SSSR count). The fourth-order valence-corrected chi connectivity index (χ4v) is 7.31. The maximum Gasteiger partial charge on any atom is 0.410 e. The molecule has 2 unspecified atom stereocenters. The van der Waals surface area contributed by atoms with Gasteiger partial charge >= 0.3 is 12.2 Å². The molecule has 4 aromatic rings. The highest BCUT2D eigenvalue weighted by molar-refractivity contribution is 8.13. The normalized spacial score (nSPS) is 16.4. The van der Waals surface area contributed by atoms with Crippen molar-refractivity contribution in [2.45, 2.75) is 57.1 Å². The number of carbonyl (C=O) groups is 2. The number of nitrogens with zero attached hydrogens (tertiary/aromatic N) is 2. The van der Waals surface area contributed by atoms with E-state index in [4.69, 9.17) is 29.4 Å². The van der Waals surface area contributed by atoms with Gasteiger partial charge in [0.15, 0.2) is 0 Å². The lowest BCUT2D eigenvalue weighted by atomic mass is 10.1. The SMILES string of the molecule is C.Cc1ccc(S(=O)(=O)Cl)cc1.Cc1ccc(S(=O)(=O)OCC2CCN(C(=O)OCc3ccccc3)C2)cc1.O=C(OCc1ccccc1)N1CCC(CO)C1. The first-order valence-corrected chi connectivity index (χ1v) is 21.4. The van der Waals surface area contributed by atoms with Gasteiger partial charge in [0.05, 0.1) is 16.4 Å². The Bertz CT molecular complexity index is 2020. The second-order valence-corrected chi connectivity index (χ2v) is 17.4. The van der Waals surface area contributed by atoms with Crippen molar-refractivity contribution >= 4 is 42.0 Å². The van der Waals surface area contributed by atoms with Gasteiger partial charge in [-0.2, -0.15) is 8.42 Å². The monoisotopic (exact) mass is 830 g/mol. The summed E-state index contributed by atoms with van der Waals surface area (Å²) in [6.45, 7) is 6.73. The largest absolute Gasteiger partial charge is 0.445 e. The van der Waals surface area contributed by atoms with Crippen molar-refractivity contribution in [3.63, 3.8) is 0 Å². The zero-order valence-electron chi connectivity index (χ0n) is 30.8. The van der Waals surface area contributed by atoms with Crippen LogP contribution >= 0.6 is 10.7 Å². The van der Waals surface area contributed by atoms with E-state index in [0.717, 1.165) is 28.7 Å². The number of hydrogen-bond donors (Lipinski definition) is 1. The minimum absolute atomic E-state index is 0. The molecule has 15 heteroatoms. The smallest absolute Gasteiger partial charge is 0.410 e. The van der Waals surface area contributed by atoms with E-state index in [1.165, 1.54) is 24.3 Å². The fourth-order valence-electron chi connectivity index (χ4n) is 5.56. The van der Waals surface area contributed by atoms with E-state index >= 15 is 0 Å². The summed E-state index contributed by atoms with van der Waals surface area (Å²) < 4.78 is 61.6.